The third-order valence-corrected chi connectivity index (χ3v) is 4.08. The van der Waals surface area contributed by atoms with E-state index < -0.39 is 0 Å². The quantitative estimate of drug-likeness (QED) is 0.883. The number of nitrogens with two attached hydrogens (primary N) is 1. The molecular formula is C16H25NO. The molecule has 1 aliphatic carbocycles. The van der Waals surface area contributed by atoms with Gasteiger partial charge in [0.05, 0.1) is 6.10 Å². The van der Waals surface area contributed by atoms with Crippen LogP contribution in [-0.4, -0.2) is 12.6 Å². The van der Waals surface area contributed by atoms with Gasteiger partial charge in [-0.3, -0.25) is 0 Å². The number of hydrogen-bond donors (Lipinski definition) is 1. The van der Waals surface area contributed by atoms with E-state index in [4.69, 9.17) is 10.5 Å². The van der Waals surface area contributed by atoms with Crippen LogP contribution in [0.3, 0.4) is 0 Å². The molecule has 0 bridgehead atoms. The van der Waals surface area contributed by atoms with Gasteiger partial charge in [0.15, 0.2) is 0 Å². The highest BCUT2D eigenvalue weighted by Gasteiger charge is 2.37. The average molecular weight is 247 g/mol. The first-order valence-corrected chi connectivity index (χ1v) is 7.06. The third-order valence-electron chi connectivity index (χ3n) is 4.08. The highest BCUT2D eigenvalue weighted by Crippen LogP contribution is 2.45. The van der Waals surface area contributed by atoms with E-state index in [1.54, 1.807) is 0 Å². The summed E-state index contributed by atoms with van der Waals surface area (Å²) in [6, 6.07) is 6.35. The fraction of sp³-hybridized carbons (Fsp3) is 0.625. The Bertz CT molecular complexity index is 406. The van der Waals surface area contributed by atoms with Crippen molar-refractivity contribution in [2.24, 2.45) is 5.73 Å². The van der Waals surface area contributed by atoms with Crippen LogP contribution in [0.5, 0.6) is 5.75 Å². The van der Waals surface area contributed by atoms with Crippen LogP contribution >= 0.6 is 0 Å². The van der Waals surface area contributed by atoms with Gasteiger partial charge in [0.1, 0.15) is 5.75 Å². The first-order valence-electron chi connectivity index (χ1n) is 7.06. The minimum Gasteiger partial charge on any atom is -0.491 e. The zero-order valence-electron chi connectivity index (χ0n) is 11.8. The van der Waals surface area contributed by atoms with Gasteiger partial charge in [-0.15, -0.1) is 0 Å². The zero-order valence-corrected chi connectivity index (χ0v) is 11.8. The molecule has 100 valence electrons. The largest absolute Gasteiger partial charge is 0.491 e. The van der Waals surface area contributed by atoms with Crippen molar-refractivity contribution < 1.29 is 4.74 Å². The van der Waals surface area contributed by atoms with Crippen molar-refractivity contribution >= 4 is 0 Å². The van der Waals surface area contributed by atoms with Crippen molar-refractivity contribution in [3.05, 3.63) is 29.3 Å². The van der Waals surface area contributed by atoms with Crippen LogP contribution < -0.4 is 10.5 Å². The van der Waals surface area contributed by atoms with Crippen LogP contribution in [-0.2, 0) is 5.41 Å². The third kappa shape index (κ3) is 2.39. The molecule has 0 aromatic heterocycles. The predicted molar refractivity (Wildman–Crippen MR) is 76.1 cm³/mol. The molecule has 18 heavy (non-hydrogen) atoms. The Balaban J connectivity index is 2.47. The molecule has 0 spiro atoms. The molecule has 0 saturated heterocycles. The van der Waals surface area contributed by atoms with Crippen molar-refractivity contribution in [1.82, 2.24) is 0 Å². The smallest absolute Gasteiger partial charge is 0.123 e. The Hall–Kier alpha value is -1.02. The minimum atomic E-state index is 0.148. The second-order valence-electron chi connectivity index (χ2n) is 5.81. The van der Waals surface area contributed by atoms with E-state index in [1.807, 2.05) is 0 Å². The minimum absolute atomic E-state index is 0.148. The molecule has 0 heterocycles. The summed E-state index contributed by atoms with van der Waals surface area (Å²) in [5.41, 5.74) is 8.94. The lowest BCUT2D eigenvalue weighted by Crippen LogP contribution is -2.33. The Labute approximate surface area is 111 Å². The molecule has 1 aromatic rings. The Morgan fingerprint density at radius 2 is 1.94 bits per heavy atom. The fourth-order valence-electron chi connectivity index (χ4n) is 3.28. The van der Waals surface area contributed by atoms with Gasteiger partial charge in [0.2, 0.25) is 0 Å². The van der Waals surface area contributed by atoms with E-state index in [-0.39, 0.29) is 11.5 Å². The van der Waals surface area contributed by atoms with E-state index in [0.29, 0.717) is 0 Å². The number of benzene rings is 1. The first-order chi connectivity index (χ1) is 8.59. The SMILES string of the molecule is Cc1cccc(OC(C)C)c1C1(CN)CCCC1. The van der Waals surface area contributed by atoms with Gasteiger partial charge >= 0.3 is 0 Å². The second-order valence-corrected chi connectivity index (χ2v) is 5.81. The topological polar surface area (TPSA) is 35.2 Å². The van der Waals surface area contributed by atoms with Crippen LogP contribution in [0.2, 0.25) is 0 Å². The Kier molecular flexibility index (Phi) is 3.96. The van der Waals surface area contributed by atoms with Crippen molar-refractivity contribution in [1.29, 1.82) is 0 Å². The molecule has 0 unspecified atom stereocenters. The highest BCUT2D eigenvalue weighted by molar-refractivity contribution is 5.46. The molecule has 0 atom stereocenters. The first kappa shape index (κ1) is 13.4. The Morgan fingerprint density at radius 1 is 1.28 bits per heavy atom. The van der Waals surface area contributed by atoms with E-state index in [0.717, 1.165) is 12.3 Å². The standard InChI is InChI=1S/C16H25NO/c1-12(2)18-14-8-6-7-13(3)15(14)16(11-17)9-4-5-10-16/h6-8,12H,4-5,9-11,17H2,1-3H3. The van der Waals surface area contributed by atoms with Crippen molar-refractivity contribution in [2.45, 2.75) is 58.0 Å². The zero-order chi connectivity index (χ0) is 13.2. The van der Waals surface area contributed by atoms with Gasteiger partial charge in [-0.25, -0.2) is 0 Å². The molecule has 1 aliphatic rings. The van der Waals surface area contributed by atoms with E-state index in [9.17, 15) is 0 Å². The summed E-state index contributed by atoms with van der Waals surface area (Å²) in [6.07, 6.45) is 5.17. The predicted octanol–water partition coefficient (Wildman–Crippen LogP) is 3.55. The molecule has 2 N–H and O–H groups in total. The molecule has 2 rings (SSSR count). The molecule has 1 saturated carbocycles. The van der Waals surface area contributed by atoms with E-state index >= 15 is 0 Å². The van der Waals surface area contributed by atoms with Crippen LogP contribution in [0.25, 0.3) is 0 Å². The van der Waals surface area contributed by atoms with Gasteiger partial charge in [-0.05, 0) is 45.2 Å². The van der Waals surface area contributed by atoms with Gasteiger partial charge in [0.25, 0.3) is 0 Å². The summed E-state index contributed by atoms with van der Waals surface area (Å²) in [4.78, 5) is 0. The summed E-state index contributed by atoms with van der Waals surface area (Å²) < 4.78 is 6.01. The van der Waals surface area contributed by atoms with Crippen LogP contribution in [0.1, 0.15) is 50.7 Å². The van der Waals surface area contributed by atoms with E-state index in [2.05, 4.69) is 39.0 Å². The normalized spacial score (nSPS) is 18.3. The van der Waals surface area contributed by atoms with Crippen LogP contribution in [0, 0.1) is 6.92 Å². The van der Waals surface area contributed by atoms with Gasteiger partial charge < -0.3 is 10.5 Å². The molecule has 1 aromatic carbocycles. The second kappa shape index (κ2) is 5.31. The van der Waals surface area contributed by atoms with Crippen LogP contribution in [0.4, 0.5) is 0 Å². The summed E-state index contributed by atoms with van der Waals surface area (Å²) in [6.45, 7) is 7.07. The molecular weight excluding hydrogens is 222 g/mol. The maximum absolute atomic E-state index is 6.11. The summed E-state index contributed by atoms with van der Waals surface area (Å²) in [5.74, 6) is 1.04. The average Bonchev–Trinajstić information content (AvgIpc) is 2.78. The van der Waals surface area contributed by atoms with Crippen molar-refractivity contribution in [3.63, 3.8) is 0 Å². The summed E-state index contributed by atoms with van der Waals surface area (Å²) in [7, 11) is 0. The molecule has 0 radical (unpaired) electrons. The van der Waals surface area contributed by atoms with Crippen LogP contribution in [0.15, 0.2) is 18.2 Å². The molecule has 0 aliphatic heterocycles. The lowest BCUT2D eigenvalue weighted by Gasteiger charge is -2.32. The number of ether oxygens (including phenoxy) is 1. The van der Waals surface area contributed by atoms with Gasteiger partial charge in [-0.1, -0.05) is 25.0 Å². The number of rotatable bonds is 4. The highest BCUT2D eigenvalue weighted by atomic mass is 16.5. The fourth-order valence-corrected chi connectivity index (χ4v) is 3.28. The molecule has 0 amide bonds. The van der Waals surface area contributed by atoms with Crippen molar-refractivity contribution in [3.8, 4) is 5.75 Å². The number of hydrogen-bond acceptors (Lipinski definition) is 2. The maximum Gasteiger partial charge on any atom is 0.123 e. The number of aryl methyl sites for hydroxylation is 1. The molecule has 2 heteroatoms. The van der Waals surface area contributed by atoms with Gasteiger partial charge in [0, 0.05) is 17.5 Å². The summed E-state index contributed by atoms with van der Waals surface area (Å²) >= 11 is 0. The monoisotopic (exact) mass is 247 g/mol. The molecule has 1 fully saturated rings. The maximum atomic E-state index is 6.11. The molecule has 2 nitrogen and oxygen atoms in total. The Morgan fingerprint density at radius 3 is 2.50 bits per heavy atom. The summed E-state index contributed by atoms with van der Waals surface area (Å²) in [5, 5.41) is 0. The lowest BCUT2D eigenvalue weighted by atomic mass is 9.76. The van der Waals surface area contributed by atoms with E-state index in [1.165, 1.54) is 36.8 Å². The lowest BCUT2D eigenvalue weighted by molar-refractivity contribution is 0.234. The van der Waals surface area contributed by atoms with Crippen molar-refractivity contribution in [2.75, 3.05) is 6.54 Å². The van der Waals surface area contributed by atoms with Gasteiger partial charge in [-0.2, -0.15) is 0 Å².